The summed E-state index contributed by atoms with van der Waals surface area (Å²) in [5.74, 6) is 0.252. The molecule has 0 fully saturated rings. The summed E-state index contributed by atoms with van der Waals surface area (Å²) >= 11 is 0. The molecule has 11 aromatic carbocycles. The molecule has 0 amide bonds. The third-order valence-electron chi connectivity index (χ3n) is 16.1. The smallest absolute Gasteiger partial charge is 0.161 e. The van der Waals surface area contributed by atoms with Gasteiger partial charge < -0.3 is 13.7 Å². The van der Waals surface area contributed by atoms with Gasteiger partial charge in [0.25, 0.3) is 0 Å². The summed E-state index contributed by atoms with van der Waals surface area (Å²) in [6.07, 6.45) is 0. The highest BCUT2D eigenvalue weighted by atomic mass is 15.0. The van der Waals surface area contributed by atoms with Crippen LogP contribution in [-0.4, -0.2) is 23.7 Å². The van der Waals surface area contributed by atoms with E-state index in [-0.39, 0.29) is 5.82 Å². The van der Waals surface area contributed by atoms with Crippen LogP contribution in [-0.2, 0) is 0 Å². The fraction of sp³-hybridized carbons (Fsp3) is 0. The van der Waals surface area contributed by atoms with Crippen molar-refractivity contribution < 1.29 is 0 Å². The van der Waals surface area contributed by atoms with Crippen molar-refractivity contribution >= 4 is 65.4 Å². The quantitative estimate of drug-likeness (QED) is 0.149. The third kappa shape index (κ3) is 7.74. The van der Waals surface area contributed by atoms with Crippen LogP contribution in [0.3, 0.4) is 0 Å². The van der Waals surface area contributed by atoms with Crippen LogP contribution >= 0.6 is 0 Å². The lowest BCUT2D eigenvalue weighted by molar-refractivity contribution is 1.16. The zero-order valence-electron chi connectivity index (χ0n) is 44.2. The van der Waals surface area contributed by atoms with Crippen molar-refractivity contribution in [1.29, 1.82) is 21.0 Å². The molecule has 0 aliphatic rings. The second-order valence-electron chi connectivity index (χ2n) is 20.5. The Morgan fingerprint density at radius 2 is 0.602 bits per heavy atom. The Bertz CT molecular complexity index is 5020. The van der Waals surface area contributed by atoms with Gasteiger partial charge in [-0.15, -0.1) is 0 Å². The predicted octanol–water partition coefficient (Wildman–Crippen LogP) is 17.6. The highest BCUT2D eigenvalue weighted by Crippen LogP contribution is 2.41. The fourth-order valence-electron chi connectivity index (χ4n) is 12.3. The first-order valence-corrected chi connectivity index (χ1v) is 27.1. The minimum absolute atomic E-state index is 0.252. The topological polar surface area (TPSA) is 136 Å². The number of aromatic nitrogens is 5. The minimum atomic E-state index is 0.252. The maximum atomic E-state index is 10.7. The molecule has 0 aliphatic carbocycles. The Kier molecular flexibility index (Phi) is 11.2. The maximum absolute atomic E-state index is 10.7. The number of rotatable bonds is 8. The third-order valence-corrected chi connectivity index (χ3v) is 16.1. The van der Waals surface area contributed by atoms with Gasteiger partial charge >= 0.3 is 0 Å². The van der Waals surface area contributed by atoms with Crippen LogP contribution in [0.25, 0.3) is 139 Å². The SMILES string of the molecule is N#Cc1cc(-c2cc(-c3ccccc3C#N)nc(-c3ccccc3C#N)n2)c(C#N)cc1-c1ccc(-c2ccc(-n3c4ccc(-n5c6ccccc6c6ccccc65)cc4c4cc(-n5c6ccccc6c6ccccc65)ccc43)cc2)cc1. The van der Waals surface area contributed by atoms with E-state index in [4.69, 9.17) is 9.97 Å². The summed E-state index contributed by atoms with van der Waals surface area (Å²) in [5, 5.41) is 48.7. The molecule has 4 aromatic heterocycles. The van der Waals surface area contributed by atoms with Crippen molar-refractivity contribution in [3.05, 3.63) is 271 Å². The highest BCUT2D eigenvalue weighted by molar-refractivity contribution is 6.14. The van der Waals surface area contributed by atoms with Crippen molar-refractivity contribution in [2.45, 2.75) is 0 Å². The Morgan fingerprint density at radius 1 is 0.253 bits per heavy atom. The lowest BCUT2D eigenvalue weighted by Gasteiger charge is -2.14. The molecule has 9 nitrogen and oxygen atoms in total. The first kappa shape index (κ1) is 48.0. The van der Waals surface area contributed by atoms with Crippen LogP contribution in [0.2, 0.25) is 0 Å². The van der Waals surface area contributed by atoms with Gasteiger partial charge in [0.1, 0.15) is 0 Å². The van der Waals surface area contributed by atoms with Gasteiger partial charge in [-0.25, -0.2) is 9.97 Å². The van der Waals surface area contributed by atoms with E-state index >= 15 is 0 Å². The Morgan fingerprint density at radius 3 is 1.10 bits per heavy atom. The van der Waals surface area contributed by atoms with E-state index < -0.39 is 0 Å². The lowest BCUT2D eigenvalue weighted by atomic mass is 9.91. The molecule has 0 N–H and O–H groups in total. The Balaban J connectivity index is 0.813. The Labute approximate surface area is 476 Å². The van der Waals surface area contributed by atoms with Gasteiger partial charge in [0.15, 0.2) is 5.82 Å². The zero-order valence-corrected chi connectivity index (χ0v) is 44.2. The molecular weight excluding hydrogens is 1010 g/mol. The van der Waals surface area contributed by atoms with E-state index in [1.165, 1.54) is 21.5 Å². The van der Waals surface area contributed by atoms with Crippen molar-refractivity contribution in [3.8, 4) is 97.5 Å². The molecule has 0 saturated carbocycles. The standard InChI is InChI=1S/C74H41N9/c75-42-49-13-1-3-15-56(49)66-41-67(80-74(79-66)57-16-4-2-14-50(57)43-76)63-38-51(44-77)62(37-52(63)45-78)48-27-25-46(26-28-48)47-29-31-53(32-30-47)81-72-35-33-54(82-68-21-9-5-17-58(68)59-18-6-10-22-69(59)82)39-64(72)65-40-55(34-36-73(65)81)83-70-23-11-7-19-60(70)61-20-8-12-24-71(61)83/h1-41H. The number of benzene rings is 11. The van der Waals surface area contributed by atoms with Gasteiger partial charge in [-0.2, -0.15) is 21.0 Å². The van der Waals surface area contributed by atoms with Gasteiger partial charge in [-0.3, -0.25) is 0 Å². The largest absolute Gasteiger partial charge is 0.309 e. The van der Waals surface area contributed by atoms with E-state index in [0.717, 1.165) is 77.6 Å². The molecule has 382 valence electrons. The molecule has 0 saturated heterocycles. The molecule has 9 heteroatoms. The molecule has 15 aromatic rings. The van der Waals surface area contributed by atoms with Crippen LogP contribution in [0.4, 0.5) is 0 Å². The number of hydrogen-bond donors (Lipinski definition) is 0. The van der Waals surface area contributed by atoms with Crippen molar-refractivity contribution in [3.63, 3.8) is 0 Å². The first-order valence-electron chi connectivity index (χ1n) is 27.1. The number of hydrogen-bond acceptors (Lipinski definition) is 6. The summed E-state index contributed by atoms with van der Waals surface area (Å²) in [7, 11) is 0. The van der Waals surface area contributed by atoms with E-state index in [1.807, 2.05) is 30.3 Å². The average Bonchev–Trinajstić information content (AvgIpc) is 4.31. The molecular formula is C74H41N9. The van der Waals surface area contributed by atoms with Crippen molar-refractivity contribution in [2.24, 2.45) is 0 Å². The molecule has 0 atom stereocenters. The van der Waals surface area contributed by atoms with E-state index in [9.17, 15) is 21.0 Å². The minimum Gasteiger partial charge on any atom is -0.309 e. The normalized spacial score (nSPS) is 11.3. The molecule has 0 unspecified atom stereocenters. The van der Waals surface area contributed by atoms with Crippen LogP contribution in [0.1, 0.15) is 22.3 Å². The number of nitrogens with zero attached hydrogens (tertiary/aromatic N) is 9. The van der Waals surface area contributed by atoms with Crippen LogP contribution in [0, 0.1) is 45.3 Å². The van der Waals surface area contributed by atoms with E-state index in [2.05, 4.69) is 196 Å². The highest BCUT2D eigenvalue weighted by Gasteiger charge is 2.22. The van der Waals surface area contributed by atoms with Gasteiger partial charge in [0, 0.05) is 71.6 Å². The van der Waals surface area contributed by atoms with Crippen LogP contribution in [0.15, 0.2) is 249 Å². The lowest BCUT2D eigenvalue weighted by Crippen LogP contribution is -2.00. The molecule has 83 heavy (non-hydrogen) atoms. The predicted molar refractivity (Wildman–Crippen MR) is 331 cm³/mol. The molecule has 15 rings (SSSR count). The van der Waals surface area contributed by atoms with Crippen molar-refractivity contribution in [2.75, 3.05) is 0 Å². The average molecular weight is 1060 g/mol. The number of fused-ring (bicyclic) bond motifs is 9. The van der Waals surface area contributed by atoms with Crippen molar-refractivity contribution in [1.82, 2.24) is 23.7 Å². The summed E-state index contributed by atoms with van der Waals surface area (Å²) in [6.45, 7) is 0. The second kappa shape index (κ2) is 19.3. The van der Waals surface area contributed by atoms with Gasteiger partial charge in [-0.05, 0) is 126 Å². The summed E-state index contributed by atoms with van der Waals surface area (Å²) in [6, 6.07) is 93.4. The van der Waals surface area contributed by atoms with Crippen LogP contribution < -0.4 is 0 Å². The van der Waals surface area contributed by atoms with Gasteiger partial charge in [-0.1, -0.05) is 140 Å². The molecule has 0 bridgehead atoms. The fourth-order valence-corrected chi connectivity index (χ4v) is 12.3. The maximum Gasteiger partial charge on any atom is 0.161 e. The Hall–Kier alpha value is -12.1. The summed E-state index contributed by atoms with van der Waals surface area (Å²) in [4.78, 5) is 9.74. The molecule has 0 aliphatic heterocycles. The van der Waals surface area contributed by atoms with E-state index in [1.54, 1.807) is 60.7 Å². The number of para-hydroxylation sites is 4. The summed E-state index contributed by atoms with van der Waals surface area (Å²) < 4.78 is 7.13. The van der Waals surface area contributed by atoms with Gasteiger partial charge in [0.05, 0.1) is 91.0 Å². The first-order chi connectivity index (χ1) is 41.0. The van der Waals surface area contributed by atoms with Gasteiger partial charge in [0.2, 0.25) is 0 Å². The number of nitriles is 4. The molecule has 0 spiro atoms. The zero-order chi connectivity index (χ0) is 55.7. The van der Waals surface area contributed by atoms with E-state index in [0.29, 0.717) is 55.9 Å². The molecule has 4 heterocycles. The monoisotopic (exact) mass is 1060 g/mol. The molecule has 0 radical (unpaired) electrons. The second-order valence-corrected chi connectivity index (χ2v) is 20.5. The van der Waals surface area contributed by atoms with Crippen LogP contribution in [0.5, 0.6) is 0 Å². The summed E-state index contributed by atoms with van der Waals surface area (Å²) in [5.41, 5.74) is 17.1.